The summed E-state index contributed by atoms with van der Waals surface area (Å²) in [7, 11) is 1.87. The first-order valence-corrected chi connectivity index (χ1v) is 13.2. The Bertz CT molecular complexity index is 1740. The number of halogens is 1. The molecule has 2 aromatic carbocycles. The number of pyridine rings is 2. The van der Waals surface area contributed by atoms with Gasteiger partial charge in [-0.15, -0.1) is 0 Å². The Balaban J connectivity index is 1.35. The Morgan fingerprint density at radius 1 is 1.02 bits per heavy atom. The zero-order chi connectivity index (χ0) is 27.8. The molecule has 10 heteroatoms. The summed E-state index contributed by atoms with van der Waals surface area (Å²) in [6, 6.07) is 19.5. The normalized spacial score (nSPS) is 15.1. The zero-order valence-corrected chi connectivity index (χ0v) is 22.7. The fraction of sp³-hybridized carbons (Fsp3) is 0.167. The lowest BCUT2D eigenvalue weighted by Crippen LogP contribution is -2.46. The van der Waals surface area contributed by atoms with Gasteiger partial charge in [-0.1, -0.05) is 29.8 Å². The van der Waals surface area contributed by atoms with Crippen LogP contribution in [0.3, 0.4) is 0 Å². The third kappa shape index (κ3) is 4.99. The van der Waals surface area contributed by atoms with Crippen LogP contribution in [0, 0.1) is 6.92 Å². The summed E-state index contributed by atoms with van der Waals surface area (Å²) in [5.41, 5.74) is 4.32. The molecule has 4 heterocycles. The van der Waals surface area contributed by atoms with E-state index in [1.807, 2.05) is 62.5 Å². The highest BCUT2D eigenvalue weighted by Gasteiger charge is 2.36. The predicted octanol–water partition coefficient (Wildman–Crippen LogP) is 5.27. The molecule has 2 amide bonds. The van der Waals surface area contributed by atoms with Gasteiger partial charge in [-0.3, -0.25) is 19.3 Å². The van der Waals surface area contributed by atoms with Gasteiger partial charge in [0.15, 0.2) is 5.82 Å². The molecule has 0 saturated heterocycles. The second-order valence-electron chi connectivity index (χ2n) is 9.82. The molecule has 0 spiro atoms. The van der Waals surface area contributed by atoms with Crippen LogP contribution in [-0.4, -0.2) is 42.5 Å². The van der Waals surface area contributed by atoms with Crippen LogP contribution in [0.25, 0.3) is 10.9 Å². The summed E-state index contributed by atoms with van der Waals surface area (Å²) in [6.45, 7) is 2.21. The van der Waals surface area contributed by atoms with E-state index in [1.54, 1.807) is 40.2 Å². The van der Waals surface area contributed by atoms with Crippen molar-refractivity contribution in [3.8, 4) is 0 Å². The fourth-order valence-corrected chi connectivity index (χ4v) is 5.09. The van der Waals surface area contributed by atoms with Gasteiger partial charge >= 0.3 is 0 Å². The van der Waals surface area contributed by atoms with Gasteiger partial charge in [-0.2, -0.15) is 5.10 Å². The minimum atomic E-state index is -0.777. The highest BCUT2D eigenvalue weighted by Crippen LogP contribution is 2.30. The number of fused-ring (bicyclic) bond motifs is 2. The standard InChI is InChI=1S/C30H26ClN7O2/c1-18-6-11-27(33-16-18)35-28-23-9-7-19(13-25(23)37(2)36-28)17-38-26(15-21-5-3-4-12-32-21)29(39)34-24-14-20(31)8-10-22(24)30(38)40/h3-14,16,26H,15,17H2,1-2H3,(H,34,39)(H,33,35,36)/t26-/m1/s1. The molecule has 200 valence electrons. The zero-order valence-electron chi connectivity index (χ0n) is 21.9. The molecule has 1 atom stereocenters. The van der Waals surface area contributed by atoms with E-state index in [0.717, 1.165) is 22.0 Å². The summed E-state index contributed by atoms with van der Waals surface area (Å²) < 4.78 is 1.79. The molecule has 40 heavy (non-hydrogen) atoms. The quantitative estimate of drug-likeness (QED) is 0.298. The van der Waals surface area contributed by atoms with Gasteiger partial charge in [0, 0.05) is 48.5 Å². The Kier molecular flexibility index (Phi) is 6.65. The number of rotatable bonds is 6. The van der Waals surface area contributed by atoms with Crippen LogP contribution >= 0.6 is 11.6 Å². The maximum absolute atomic E-state index is 13.9. The number of carbonyl (C=O) groups is 2. The number of benzene rings is 2. The van der Waals surface area contributed by atoms with Gasteiger partial charge in [-0.05, 0) is 66.6 Å². The second-order valence-corrected chi connectivity index (χ2v) is 10.3. The number of amides is 2. The van der Waals surface area contributed by atoms with E-state index in [2.05, 4.69) is 25.7 Å². The first kappa shape index (κ1) is 25.5. The molecule has 0 radical (unpaired) electrons. The lowest BCUT2D eigenvalue weighted by atomic mass is 10.1. The lowest BCUT2D eigenvalue weighted by Gasteiger charge is -2.28. The van der Waals surface area contributed by atoms with Gasteiger partial charge in [0.25, 0.3) is 5.91 Å². The third-order valence-electron chi connectivity index (χ3n) is 6.96. The predicted molar refractivity (Wildman–Crippen MR) is 155 cm³/mol. The largest absolute Gasteiger partial charge is 0.323 e. The van der Waals surface area contributed by atoms with E-state index in [1.165, 1.54) is 0 Å². The smallest absolute Gasteiger partial charge is 0.256 e. The van der Waals surface area contributed by atoms with E-state index in [-0.39, 0.29) is 24.8 Å². The first-order chi connectivity index (χ1) is 19.4. The lowest BCUT2D eigenvalue weighted by molar-refractivity contribution is -0.120. The molecule has 1 aliphatic rings. The highest BCUT2D eigenvalue weighted by atomic mass is 35.5. The van der Waals surface area contributed by atoms with Crippen LogP contribution in [0.5, 0.6) is 0 Å². The van der Waals surface area contributed by atoms with Crippen molar-refractivity contribution >= 4 is 51.6 Å². The Morgan fingerprint density at radius 2 is 1.90 bits per heavy atom. The van der Waals surface area contributed by atoms with Crippen molar-refractivity contribution in [2.75, 3.05) is 10.6 Å². The van der Waals surface area contributed by atoms with Crippen LogP contribution in [0.1, 0.15) is 27.2 Å². The van der Waals surface area contributed by atoms with Crippen molar-refractivity contribution in [1.82, 2.24) is 24.6 Å². The van der Waals surface area contributed by atoms with Gasteiger partial charge in [0.05, 0.1) is 16.8 Å². The Morgan fingerprint density at radius 3 is 2.67 bits per heavy atom. The number of carbonyl (C=O) groups excluding carboxylic acids is 2. The number of hydrogen-bond acceptors (Lipinski definition) is 6. The average Bonchev–Trinajstić information content (AvgIpc) is 3.21. The van der Waals surface area contributed by atoms with Crippen LogP contribution in [-0.2, 0) is 24.8 Å². The number of aromatic nitrogens is 4. The van der Waals surface area contributed by atoms with E-state index < -0.39 is 6.04 Å². The first-order valence-electron chi connectivity index (χ1n) is 12.8. The summed E-state index contributed by atoms with van der Waals surface area (Å²) in [6.07, 6.45) is 3.75. The maximum Gasteiger partial charge on any atom is 0.256 e. The van der Waals surface area contributed by atoms with Crippen molar-refractivity contribution in [1.29, 1.82) is 0 Å². The minimum Gasteiger partial charge on any atom is -0.323 e. The minimum absolute atomic E-state index is 0.217. The van der Waals surface area contributed by atoms with E-state index in [0.29, 0.717) is 33.6 Å². The summed E-state index contributed by atoms with van der Waals surface area (Å²) in [4.78, 5) is 37.8. The SMILES string of the molecule is Cc1ccc(Nc2nn(C)c3cc(CN4C(=O)c5ccc(Cl)cc5NC(=O)[C@H]4Cc4ccccn4)ccc23)nc1. The Labute approximate surface area is 235 Å². The van der Waals surface area contributed by atoms with Gasteiger partial charge in [0.1, 0.15) is 11.9 Å². The molecule has 0 saturated carbocycles. The molecule has 3 aromatic heterocycles. The van der Waals surface area contributed by atoms with Crippen LogP contribution < -0.4 is 10.6 Å². The molecule has 0 bridgehead atoms. The molecular formula is C30H26ClN7O2. The average molecular weight is 552 g/mol. The van der Waals surface area contributed by atoms with E-state index in [4.69, 9.17) is 11.6 Å². The third-order valence-corrected chi connectivity index (χ3v) is 7.20. The highest BCUT2D eigenvalue weighted by molar-refractivity contribution is 6.31. The van der Waals surface area contributed by atoms with Crippen molar-refractivity contribution < 1.29 is 9.59 Å². The van der Waals surface area contributed by atoms with Gasteiger partial charge in [-0.25, -0.2) is 4.98 Å². The van der Waals surface area contributed by atoms with Crippen molar-refractivity contribution in [3.05, 3.63) is 107 Å². The number of aryl methyl sites for hydroxylation is 2. The molecule has 0 unspecified atom stereocenters. The Hall–Kier alpha value is -4.76. The molecule has 0 aliphatic carbocycles. The number of hydrogen-bond donors (Lipinski definition) is 2. The van der Waals surface area contributed by atoms with Crippen LogP contribution in [0.2, 0.25) is 5.02 Å². The summed E-state index contributed by atoms with van der Waals surface area (Å²) in [5, 5.41) is 12.2. The molecule has 2 N–H and O–H groups in total. The molecule has 0 fully saturated rings. The van der Waals surface area contributed by atoms with Crippen molar-refractivity contribution in [2.45, 2.75) is 25.9 Å². The maximum atomic E-state index is 13.9. The molecule has 6 rings (SSSR count). The fourth-order valence-electron chi connectivity index (χ4n) is 4.92. The number of nitrogens with zero attached hydrogens (tertiary/aromatic N) is 5. The molecule has 9 nitrogen and oxygen atoms in total. The number of nitrogens with one attached hydrogen (secondary N) is 2. The van der Waals surface area contributed by atoms with Gasteiger partial charge < -0.3 is 15.5 Å². The second kappa shape index (κ2) is 10.4. The monoisotopic (exact) mass is 551 g/mol. The van der Waals surface area contributed by atoms with Crippen LogP contribution in [0.4, 0.5) is 17.3 Å². The number of anilines is 3. The van der Waals surface area contributed by atoms with Crippen LogP contribution in [0.15, 0.2) is 79.1 Å². The molecule has 5 aromatic rings. The topological polar surface area (TPSA) is 105 Å². The van der Waals surface area contributed by atoms with E-state index >= 15 is 0 Å². The summed E-state index contributed by atoms with van der Waals surface area (Å²) >= 11 is 6.18. The molecular weight excluding hydrogens is 526 g/mol. The van der Waals surface area contributed by atoms with Gasteiger partial charge in [0.2, 0.25) is 5.91 Å². The summed E-state index contributed by atoms with van der Waals surface area (Å²) in [5.74, 6) is 0.832. The van der Waals surface area contributed by atoms with E-state index in [9.17, 15) is 9.59 Å². The van der Waals surface area contributed by atoms with Crippen molar-refractivity contribution in [3.63, 3.8) is 0 Å². The van der Waals surface area contributed by atoms with Crippen molar-refractivity contribution in [2.24, 2.45) is 7.05 Å². The molecule has 1 aliphatic heterocycles.